The van der Waals surface area contributed by atoms with Crippen molar-refractivity contribution in [2.75, 3.05) is 11.3 Å². The van der Waals surface area contributed by atoms with Gasteiger partial charge in [0, 0.05) is 0 Å². The third kappa shape index (κ3) is 4.05. The molecule has 0 aliphatic carbocycles. The first kappa shape index (κ1) is 12.8. The van der Waals surface area contributed by atoms with Crippen molar-refractivity contribution in [1.82, 2.24) is 0 Å². The summed E-state index contributed by atoms with van der Waals surface area (Å²) < 4.78 is 26.0. The molecule has 0 amide bonds. The highest BCUT2D eigenvalue weighted by atomic mass is 35.5. The van der Waals surface area contributed by atoms with E-state index in [-0.39, 0.29) is 10.8 Å². The summed E-state index contributed by atoms with van der Waals surface area (Å²) in [6.45, 7) is -0.502. The molecule has 0 fully saturated rings. The number of anilines is 1. The van der Waals surface area contributed by atoms with Crippen molar-refractivity contribution in [3.05, 3.63) is 23.2 Å². The molecule has 0 heterocycles. The van der Waals surface area contributed by atoms with Crippen LogP contribution in [0.5, 0.6) is 5.75 Å². The second-order valence-electron chi connectivity index (χ2n) is 2.68. The Bertz CT molecular complexity index is 425. The van der Waals surface area contributed by atoms with Crippen molar-refractivity contribution in [2.24, 2.45) is 0 Å². The number of benzene rings is 1. The number of hydrogen-bond acceptors (Lipinski definition) is 3. The minimum atomic E-state index is -2.19. The fourth-order valence-corrected chi connectivity index (χ4v) is 1.49. The van der Waals surface area contributed by atoms with Crippen molar-refractivity contribution in [1.29, 1.82) is 0 Å². The average molecular weight is 266 g/mol. The van der Waals surface area contributed by atoms with Gasteiger partial charge in [0.25, 0.3) is 11.3 Å². The Morgan fingerprint density at radius 2 is 2.25 bits per heavy atom. The van der Waals surface area contributed by atoms with E-state index in [0.717, 1.165) is 0 Å². The highest BCUT2D eigenvalue weighted by Crippen LogP contribution is 2.27. The molecule has 0 aromatic heterocycles. The van der Waals surface area contributed by atoms with E-state index in [1.807, 2.05) is 0 Å². The van der Waals surface area contributed by atoms with Gasteiger partial charge >= 0.3 is 5.97 Å². The number of aliphatic carboxylic acids is 1. The highest BCUT2D eigenvalue weighted by Gasteiger charge is 2.06. The zero-order valence-electron chi connectivity index (χ0n) is 7.84. The van der Waals surface area contributed by atoms with Crippen LogP contribution in [0.15, 0.2) is 18.2 Å². The molecular weight excluding hydrogens is 258 g/mol. The average Bonchev–Trinajstić information content (AvgIpc) is 2.15. The molecule has 16 heavy (non-hydrogen) atoms. The maximum atomic E-state index is 10.4. The lowest BCUT2D eigenvalue weighted by Crippen LogP contribution is -2.09. The van der Waals surface area contributed by atoms with Crippen LogP contribution in [-0.2, 0) is 16.1 Å². The summed E-state index contributed by atoms with van der Waals surface area (Å²) in [6, 6.07) is 4.20. The quantitative estimate of drug-likeness (QED) is 0.699. The Hall–Kier alpha value is -1.31. The molecular formula is C8H8ClNO5S. The van der Waals surface area contributed by atoms with E-state index in [1.165, 1.54) is 18.2 Å². The van der Waals surface area contributed by atoms with Gasteiger partial charge in [-0.2, -0.15) is 0 Å². The molecule has 0 aliphatic rings. The molecule has 1 unspecified atom stereocenters. The predicted molar refractivity (Wildman–Crippen MR) is 59.0 cm³/mol. The first-order valence-electron chi connectivity index (χ1n) is 4.00. The second kappa shape index (κ2) is 5.69. The minimum Gasteiger partial charge on any atom is -0.480 e. The summed E-state index contributed by atoms with van der Waals surface area (Å²) in [6.07, 6.45) is 0. The van der Waals surface area contributed by atoms with Crippen molar-refractivity contribution < 1.29 is 23.4 Å². The Kier molecular flexibility index (Phi) is 4.53. The van der Waals surface area contributed by atoms with E-state index in [4.69, 9.17) is 26.0 Å². The van der Waals surface area contributed by atoms with Crippen molar-refractivity contribution in [3.8, 4) is 5.75 Å². The second-order valence-corrected chi connectivity index (χ2v) is 3.79. The number of carboxylic acid groups (broad SMARTS) is 1. The smallest absolute Gasteiger partial charge is 0.341 e. The van der Waals surface area contributed by atoms with E-state index >= 15 is 0 Å². The number of halogens is 1. The van der Waals surface area contributed by atoms with Crippen LogP contribution >= 0.6 is 11.6 Å². The van der Waals surface area contributed by atoms with E-state index in [9.17, 15) is 9.00 Å². The van der Waals surface area contributed by atoms with Gasteiger partial charge in [-0.25, -0.2) is 9.00 Å². The maximum Gasteiger partial charge on any atom is 0.341 e. The molecule has 0 radical (unpaired) electrons. The zero-order valence-corrected chi connectivity index (χ0v) is 9.42. The largest absolute Gasteiger partial charge is 0.480 e. The summed E-state index contributed by atoms with van der Waals surface area (Å²) in [7, 11) is 0. The van der Waals surface area contributed by atoms with Gasteiger partial charge in [-0.1, -0.05) is 11.6 Å². The third-order valence-electron chi connectivity index (χ3n) is 1.49. The lowest BCUT2D eigenvalue weighted by Gasteiger charge is -2.07. The van der Waals surface area contributed by atoms with Crippen LogP contribution in [0, 0.1) is 0 Å². The Balaban J connectivity index is 2.75. The summed E-state index contributed by atoms with van der Waals surface area (Å²) >= 11 is 3.57. The molecule has 1 aromatic carbocycles. The van der Waals surface area contributed by atoms with E-state index in [0.29, 0.717) is 5.69 Å². The summed E-state index contributed by atoms with van der Waals surface area (Å²) in [5.74, 6) is -0.923. The predicted octanol–water partition coefficient (Wildman–Crippen LogP) is 1.35. The molecule has 0 bridgehead atoms. The fourth-order valence-electron chi connectivity index (χ4n) is 0.922. The van der Waals surface area contributed by atoms with Gasteiger partial charge in [0.2, 0.25) is 0 Å². The van der Waals surface area contributed by atoms with E-state index in [2.05, 4.69) is 4.72 Å². The fraction of sp³-hybridized carbons (Fsp3) is 0.125. The molecule has 8 heteroatoms. The third-order valence-corrected chi connectivity index (χ3v) is 2.19. The Morgan fingerprint density at radius 3 is 2.75 bits per heavy atom. The Morgan fingerprint density at radius 1 is 1.56 bits per heavy atom. The standard InChI is InChI=1S/C8H8ClNO5S/c9-6-3-5(10-16(13)14)1-2-7(6)15-4-8(11)12/h1-3,10H,4H2,(H,11,12)(H,13,14). The van der Waals surface area contributed by atoms with Gasteiger partial charge in [0.05, 0.1) is 10.7 Å². The van der Waals surface area contributed by atoms with Gasteiger partial charge in [-0.05, 0) is 18.2 Å². The summed E-state index contributed by atoms with van der Waals surface area (Å²) in [5, 5.41) is 8.54. The van der Waals surface area contributed by atoms with E-state index < -0.39 is 23.8 Å². The van der Waals surface area contributed by atoms with Gasteiger partial charge in [-0.3, -0.25) is 9.27 Å². The molecule has 1 atom stereocenters. The number of carboxylic acids is 1. The number of rotatable bonds is 5. The van der Waals surface area contributed by atoms with Gasteiger partial charge in [0.1, 0.15) is 5.75 Å². The van der Waals surface area contributed by atoms with Gasteiger partial charge in [-0.15, -0.1) is 0 Å². The maximum absolute atomic E-state index is 10.4. The molecule has 0 saturated heterocycles. The van der Waals surface area contributed by atoms with Crippen molar-refractivity contribution in [3.63, 3.8) is 0 Å². The van der Waals surface area contributed by atoms with Crippen LogP contribution < -0.4 is 9.46 Å². The topological polar surface area (TPSA) is 95.9 Å². The van der Waals surface area contributed by atoms with Gasteiger partial charge < -0.3 is 9.84 Å². The summed E-state index contributed by atoms with van der Waals surface area (Å²) in [5.41, 5.74) is 0.327. The minimum absolute atomic E-state index is 0.150. The number of hydrogen-bond donors (Lipinski definition) is 3. The van der Waals surface area contributed by atoms with Crippen LogP contribution in [0.3, 0.4) is 0 Å². The molecule has 88 valence electrons. The van der Waals surface area contributed by atoms with Gasteiger partial charge in [0.15, 0.2) is 6.61 Å². The van der Waals surface area contributed by atoms with Crippen LogP contribution in [0.25, 0.3) is 0 Å². The van der Waals surface area contributed by atoms with Crippen LogP contribution in [0.4, 0.5) is 5.69 Å². The number of nitrogens with one attached hydrogen (secondary N) is 1. The highest BCUT2D eigenvalue weighted by molar-refractivity contribution is 7.80. The molecule has 0 spiro atoms. The first-order valence-corrected chi connectivity index (χ1v) is 5.49. The van der Waals surface area contributed by atoms with Crippen LogP contribution in [0.2, 0.25) is 5.02 Å². The molecule has 1 aromatic rings. The normalized spacial score (nSPS) is 11.9. The molecule has 6 nitrogen and oxygen atoms in total. The SMILES string of the molecule is O=C(O)COc1ccc(NS(=O)O)cc1Cl. The molecule has 0 saturated carbocycles. The summed E-state index contributed by atoms with van der Waals surface area (Å²) in [4.78, 5) is 10.2. The van der Waals surface area contributed by atoms with Crippen LogP contribution in [0.1, 0.15) is 0 Å². The lowest BCUT2D eigenvalue weighted by molar-refractivity contribution is -0.139. The van der Waals surface area contributed by atoms with Crippen molar-refractivity contribution in [2.45, 2.75) is 0 Å². The Labute approximate surface area is 98.6 Å². The number of carbonyl (C=O) groups is 1. The zero-order chi connectivity index (χ0) is 12.1. The first-order chi connectivity index (χ1) is 7.49. The molecule has 1 rings (SSSR count). The van der Waals surface area contributed by atoms with Crippen molar-refractivity contribution >= 4 is 34.5 Å². The lowest BCUT2D eigenvalue weighted by atomic mass is 10.3. The number of ether oxygens (including phenoxy) is 1. The van der Waals surface area contributed by atoms with Crippen LogP contribution in [-0.4, -0.2) is 26.4 Å². The molecule has 0 aliphatic heterocycles. The van der Waals surface area contributed by atoms with E-state index in [1.54, 1.807) is 0 Å². The molecule has 3 N–H and O–H groups in total. The monoisotopic (exact) mass is 265 g/mol.